The molecule has 26 heavy (non-hydrogen) atoms. The van der Waals surface area contributed by atoms with Gasteiger partial charge in [-0.2, -0.15) is 13.2 Å². The molecule has 1 fully saturated rings. The van der Waals surface area contributed by atoms with Crippen LogP contribution in [-0.4, -0.2) is 40.9 Å². The van der Waals surface area contributed by atoms with Gasteiger partial charge in [-0.25, -0.2) is 9.78 Å². The number of carboxylic acid groups (broad SMARTS) is 1. The molecule has 1 aromatic heterocycles. The number of carbonyl (C=O) groups is 2. The molecule has 0 aromatic carbocycles. The summed E-state index contributed by atoms with van der Waals surface area (Å²) in [6.45, 7) is -1.51. The zero-order valence-corrected chi connectivity index (χ0v) is 13.9. The zero-order valence-electron chi connectivity index (χ0n) is 13.9. The van der Waals surface area contributed by atoms with Gasteiger partial charge >= 0.3 is 18.2 Å². The van der Waals surface area contributed by atoms with Crippen molar-refractivity contribution in [3.63, 3.8) is 0 Å². The number of carboxylic acids is 1. The van der Waals surface area contributed by atoms with Gasteiger partial charge < -0.3 is 20.5 Å². The normalized spacial score (nSPS) is 20.3. The molecule has 0 spiro atoms. The number of nitrogens with one attached hydrogen (secondary N) is 2. The molecule has 1 saturated carbocycles. The Labute approximate surface area is 147 Å². The van der Waals surface area contributed by atoms with E-state index in [0.29, 0.717) is 31.2 Å². The number of halogens is 3. The average molecular weight is 375 g/mol. The number of hydrogen-bond donors (Lipinski definition) is 3. The van der Waals surface area contributed by atoms with E-state index in [2.05, 4.69) is 20.4 Å². The molecule has 10 heteroatoms. The van der Waals surface area contributed by atoms with E-state index in [1.807, 2.05) is 0 Å². The molecule has 1 aliphatic rings. The lowest BCUT2D eigenvalue weighted by atomic mass is 9.86. The number of nitrogens with zero attached hydrogens (tertiary/aromatic N) is 1. The van der Waals surface area contributed by atoms with Gasteiger partial charge in [-0.05, 0) is 31.7 Å². The fourth-order valence-electron chi connectivity index (χ4n) is 2.74. The van der Waals surface area contributed by atoms with Crippen molar-refractivity contribution in [1.29, 1.82) is 0 Å². The van der Waals surface area contributed by atoms with E-state index in [9.17, 15) is 22.8 Å². The predicted octanol–water partition coefficient (Wildman–Crippen LogP) is 2.47. The van der Waals surface area contributed by atoms with Gasteiger partial charge in [-0.15, -0.1) is 0 Å². The van der Waals surface area contributed by atoms with Gasteiger partial charge in [0.1, 0.15) is 0 Å². The molecule has 0 bridgehead atoms. The van der Waals surface area contributed by atoms with Crippen LogP contribution in [0.1, 0.15) is 31.2 Å². The molecule has 2 rings (SSSR count). The number of carbonyl (C=O) groups excluding carboxylic acids is 1. The van der Waals surface area contributed by atoms with Crippen LogP contribution in [0, 0.1) is 5.92 Å². The van der Waals surface area contributed by atoms with Gasteiger partial charge in [-0.1, -0.05) is 6.07 Å². The molecule has 0 radical (unpaired) electrons. The SMILES string of the molecule is O=C(NCc1cccnc1OCC(F)(F)F)NC1CCC(C(=O)O)CC1. The van der Waals surface area contributed by atoms with Gasteiger partial charge in [0.25, 0.3) is 0 Å². The summed E-state index contributed by atoms with van der Waals surface area (Å²) in [5.74, 6) is -1.39. The summed E-state index contributed by atoms with van der Waals surface area (Å²) in [4.78, 5) is 26.6. The van der Waals surface area contributed by atoms with Crippen LogP contribution in [0.5, 0.6) is 5.88 Å². The maximum atomic E-state index is 12.3. The molecule has 0 atom stereocenters. The number of urea groups is 1. The number of pyridine rings is 1. The number of rotatable bonds is 6. The number of alkyl halides is 3. The average Bonchev–Trinajstić information content (AvgIpc) is 2.58. The topological polar surface area (TPSA) is 101 Å². The number of hydrogen-bond acceptors (Lipinski definition) is 4. The van der Waals surface area contributed by atoms with Gasteiger partial charge in [0, 0.05) is 24.3 Å². The van der Waals surface area contributed by atoms with Crippen LogP contribution >= 0.6 is 0 Å². The van der Waals surface area contributed by atoms with E-state index in [4.69, 9.17) is 5.11 Å². The first-order valence-corrected chi connectivity index (χ1v) is 8.15. The number of aromatic nitrogens is 1. The lowest BCUT2D eigenvalue weighted by Gasteiger charge is -2.26. The van der Waals surface area contributed by atoms with Crippen molar-refractivity contribution in [3.05, 3.63) is 23.9 Å². The third-order valence-corrected chi connectivity index (χ3v) is 4.07. The zero-order chi connectivity index (χ0) is 19.2. The van der Waals surface area contributed by atoms with E-state index in [-0.39, 0.29) is 24.4 Å². The van der Waals surface area contributed by atoms with Crippen molar-refractivity contribution in [2.45, 2.75) is 44.4 Å². The molecule has 0 aliphatic heterocycles. The molecule has 0 unspecified atom stereocenters. The highest BCUT2D eigenvalue weighted by Crippen LogP contribution is 2.24. The summed E-state index contributed by atoms with van der Waals surface area (Å²) >= 11 is 0. The molecule has 3 N–H and O–H groups in total. The molecule has 1 aromatic rings. The van der Waals surface area contributed by atoms with Crippen molar-refractivity contribution in [3.8, 4) is 5.88 Å². The van der Waals surface area contributed by atoms with E-state index in [1.54, 1.807) is 0 Å². The van der Waals surface area contributed by atoms with Crippen LogP contribution in [0.25, 0.3) is 0 Å². The third kappa shape index (κ3) is 6.41. The van der Waals surface area contributed by atoms with Crippen LogP contribution in [0.15, 0.2) is 18.3 Å². The van der Waals surface area contributed by atoms with Crippen molar-refractivity contribution >= 4 is 12.0 Å². The van der Waals surface area contributed by atoms with E-state index >= 15 is 0 Å². The second-order valence-electron chi connectivity index (χ2n) is 6.09. The Kier molecular flexibility index (Phi) is 6.64. The van der Waals surface area contributed by atoms with Crippen LogP contribution in [0.2, 0.25) is 0 Å². The summed E-state index contributed by atoms with van der Waals surface area (Å²) in [5.41, 5.74) is 0.321. The van der Waals surface area contributed by atoms with E-state index in [1.165, 1.54) is 18.3 Å². The van der Waals surface area contributed by atoms with E-state index in [0.717, 1.165) is 0 Å². The molecule has 0 saturated heterocycles. The second kappa shape index (κ2) is 8.72. The number of aliphatic carboxylic acids is 1. The lowest BCUT2D eigenvalue weighted by Crippen LogP contribution is -2.44. The minimum atomic E-state index is -4.48. The fraction of sp³-hybridized carbons (Fsp3) is 0.562. The highest BCUT2D eigenvalue weighted by molar-refractivity contribution is 5.74. The molecular weight excluding hydrogens is 355 g/mol. The minimum absolute atomic E-state index is 0.0443. The Morgan fingerprint density at radius 2 is 1.96 bits per heavy atom. The van der Waals surface area contributed by atoms with Crippen LogP contribution in [0.3, 0.4) is 0 Å². The first-order valence-electron chi connectivity index (χ1n) is 8.15. The Hall–Kier alpha value is -2.52. The minimum Gasteiger partial charge on any atom is -0.481 e. The Bertz CT molecular complexity index is 631. The van der Waals surface area contributed by atoms with Gasteiger partial charge in [0.05, 0.1) is 5.92 Å². The smallest absolute Gasteiger partial charge is 0.422 e. The molecular formula is C16H20F3N3O4. The number of ether oxygens (including phenoxy) is 1. The lowest BCUT2D eigenvalue weighted by molar-refractivity contribution is -0.154. The first-order chi connectivity index (χ1) is 12.2. The molecule has 1 heterocycles. The maximum absolute atomic E-state index is 12.3. The summed E-state index contributed by atoms with van der Waals surface area (Å²) in [7, 11) is 0. The fourth-order valence-corrected chi connectivity index (χ4v) is 2.74. The van der Waals surface area contributed by atoms with Gasteiger partial charge in [-0.3, -0.25) is 4.79 Å². The molecule has 1 aliphatic carbocycles. The quantitative estimate of drug-likeness (QED) is 0.709. The summed E-state index contributed by atoms with van der Waals surface area (Å²) < 4.78 is 41.4. The van der Waals surface area contributed by atoms with Crippen LogP contribution in [-0.2, 0) is 11.3 Å². The molecule has 144 valence electrons. The van der Waals surface area contributed by atoms with Crippen molar-refractivity contribution < 1.29 is 32.6 Å². The van der Waals surface area contributed by atoms with E-state index < -0.39 is 24.8 Å². The van der Waals surface area contributed by atoms with Crippen molar-refractivity contribution in [1.82, 2.24) is 15.6 Å². The standard InChI is InChI=1S/C16H20F3N3O4/c17-16(18,19)9-26-13-11(2-1-7-20-13)8-21-15(25)22-12-5-3-10(4-6-12)14(23)24/h1-2,7,10,12H,3-6,8-9H2,(H,23,24)(H2,21,22,25). The van der Waals surface area contributed by atoms with Crippen LogP contribution < -0.4 is 15.4 Å². The van der Waals surface area contributed by atoms with Crippen LogP contribution in [0.4, 0.5) is 18.0 Å². The summed E-state index contributed by atoms with van der Waals surface area (Å²) in [5, 5.41) is 14.2. The second-order valence-corrected chi connectivity index (χ2v) is 6.09. The van der Waals surface area contributed by atoms with Gasteiger partial charge in [0.2, 0.25) is 5.88 Å². The highest BCUT2D eigenvalue weighted by Gasteiger charge is 2.29. The van der Waals surface area contributed by atoms with Crippen molar-refractivity contribution in [2.24, 2.45) is 5.92 Å². The number of amides is 2. The first kappa shape index (κ1) is 19.8. The van der Waals surface area contributed by atoms with Crippen molar-refractivity contribution in [2.75, 3.05) is 6.61 Å². The summed E-state index contributed by atoms with van der Waals surface area (Å²) in [6.07, 6.45) is -1.05. The third-order valence-electron chi connectivity index (χ3n) is 4.07. The largest absolute Gasteiger partial charge is 0.481 e. The molecule has 7 nitrogen and oxygen atoms in total. The Balaban J connectivity index is 1.80. The molecule has 2 amide bonds. The monoisotopic (exact) mass is 375 g/mol. The Morgan fingerprint density at radius 3 is 2.58 bits per heavy atom. The summed E-state index contributed by atoms with van der Waals surface area (Å²) in [6, 6.07) is 2.44. The Morgan fingerprint density at radius 1 is 1.27 bits per heavy atom. The van der Waals surface area contributed by atoms with Gasteiger partial charge in [0.15, 0.2) is 6.61 Å². The maximum Gasteiger partial charge on any atom is 0.422 e. The highest BCUT2D eigenvalue weighted by atomic mass is 19.4. The predicted molar refractivity (Wildman–Crippen MR) is 84.5 cm³/mol.